The Bertz CT molecular complexity index is 603. The molecule has 0 spiro atoms. The van der Waals surface area contributed by atoms with Gasteiger partial charge in [-0.15, -0.1) is 12.4 Å². The van der Waals surface area contributed by atoms with Crippen molar-refractivity contribution in [1.82, 2.24) is 15.3 Å². The van der Waals surface area contributed by atoms with Gasteiger partial charge in [0.2, 0.25) is 11.9 Å². The zero-order valence-electron chi connectivity index (χ0n) is 14.6. The van der Waals surface area contributed by atoms with Crippen LogP contribution >= 0.6 is 12.4 Å². The van der Waals surface area contributed by atoms with E-state index in [-0.39, 0.29) is 24.4 Å². The molecule has 25 heavy (non-hydrogen) atoms. The lowest BCUT2D eigenvalue weighted by molar-refractivity contribution is -0.122. The summed E-state index contributed by atoms with van der Waals surface area (Å²) in [5.41, 5.74) is 5.72. The third-order valence-corrected chi connectivity index (χ3v) is 5.87. The van der Waals surface area contributed by atoms with Crippen LogP contribution in [0.4, 0.5) is 11.8 Å². The molecule has 1 aromatic heterocycles. The van der Waals surface area contributed by atoms with Crippen LogP contribution in [0.1, 0.15) is 44.9 Å². The van der Waals surface area contributed by atoms with E-state index >= 15 is 0 Å². The summed E-state index contributed by atoms with van der Waals surface area (Å²) in [6.45, 7) is 1.78. The van der Waals surface area contributed by atoms with Crippen molar-refractivity contribution < 1.29 is 4.79 Å². The Kier molecular flexibility index (Phi) is 5.67. The highest BCUT2D eigenvalue weighted by Crippen LogP contribution is 2.42. The fourth-order valence-corrected chi connectivity index (χ4v) is 4.45. The first-order valence-corrected chi connectivity index (χ1v) is 9.32. The van der Waals surface area contributed by atoms with Crippen LogP contribution in [0.5, 0.6) is 0 Å². The van der Waals surface area contributed by atoms with Crippen LogP contribution < -0.4 is 16.0 Å². The molecule has 7 heteroatoms. The van der Waals surface area contributed by atoms with Gasteiger partial charge in [-0.2, -0.15) is 4.98 Å². The largest absolute Gasteiger partial charge is 0.368 e. The quantitative estimate of drug-likeness (QED) is 0.836. The second-order valence-electron chi connectivity index (χ2n) is 7.71. The zero-order valence-corrected chi connectivity index (χ0v) is 15.4. The number of hydrogen-bond donors (Lipinski definition) is 2. The molecule has 1 amide bonds. The average Bonchev–Trinajstić information content (AvgIpc) is 3.11. The molecule has 2 aliphatic carbocycles. The van der Waals surface area contributed by atoms with Crippen LogP contribution in [-0.4, -0.2) is 35.0 Å². The predicted molar refractivity (Wildman–Crippen MR) is 101 cm³/mol. The van der Waals surface area contributed by atoms with E-state index in [0.29, 0.717) is 24.2 Å². The number of nitrogen functional groups attached to an aromatic ring is 1. The van der Waals surface area contributed by atoms with Gasteiger partial charge in [0.15, 0.2) is 0 Å². The van der Waals surface area contributed by atoms with E-state index in [1.54, 1.807) is 6.20 Å². The number of halogens is 1. The summed E-state index contributed by atoms with van der Waals surface area (Å²) in [6.07, 6.45) is 10.00. The van der Waals surface area contributed by atoms with Gasteiger partial charge in [0, 0.05) is 31.6 Å². The first kappa shape index (κ1) is 18.2. The molecule has 3 fully saturated rings. The van der Waals surface area contributed by atoms with E-state index in [2.05, 4.69) is 20.2 Å². The molecule has 1 aliphatic heterocycles. The van der Waals surface area contributed by atoms with E-state index in [0.717, 1.165) is 24.8 Å². The predicted octanol–water partition coefficient (Wildman–Crippen LogP) is 2.39. The molecule has 2 saturated carbocycles. The lowest BCUT2D eigenvalue weighted by Gasteiger charge is -2.20. The minimum absolute atomic E-state index is 0. The fraction of sp³-hybridized carbons (Fsp3) is 0.722. The zero-order chi connectivity index (χ0) is 16.5. The van der Waals surface area contributed by atoms with E-state index in [1.165, 1.54) is 38.5 Å². The van der Waals surface area contributed by atoms with Crippen LogP contribution in [0.25, 0.3) is 0 Å². The topological polar surface area (TPSA) is 84.1 Å². The third-order valence-electron chi connectivity index (χ3n) is 5.87. The van der Waals surface area contributed by atoms with Crippen LogP contribution in [-0.2, 0) is 4.79 Å². The van der Waals surface area contributed by atoms with Gasteiger partial charge < -0.3 is 16.0 Å². The number of nitrogens with two attached hydrogens (primary N) is 1. The molecular formula is C18H28ClN5O. The smallest absolute Gasteiger partial charge is 0.221 e. The standard InChI is InChI=1S/C18H27N5O.ClH/c19-18-20-8-7-16(22-18)23-10-14(13-5-6-13)15(11-23)21-17(24)9-12-3-1-2-4-12;/h7-8,12-15H,1-6,9-11H2,(H,21,24)(H2,19,20,22);1H/t14-,15+;/m1./s1. The van der Waals surface area contributed by atoms with Gasteiger partial charge in [-0.05, 0) is 43.6 Å². The van der Waals surface area contributed by atoms with Gasteiger partial charge in [0.1, 0.15) is 5.82 Å². The lowest BCUT2D eigenvalue weighted by Crippen LogP contribution is -2.41. The highest BCUT2D eigenvalue weighted by Gasteiger charge is 2.43. The molecule has 2 heterocycles. The normalized spacial score (nSPS) is 26.5. The molecular weight excluding hydrogens is 338 g/mol. The van der Waals surface area contributed by atoms with Crippen LogP contribution in [0.2, 0.25) is 0 Å². The Balaban J connectivity index is 0.00000182. The Morgan fingerprint density at radius 1 is 1.24 bits per heavy atom. The van der Waals surface area contributed by atoms with Gasteiger partial charge in [-0.3, -0.25) is 4.79 Å². The second kappa shape index (κ2) is 7.77. The molecule has 1 aromatic rings. The van der Waals surface area contributed by atoms with Gasteiger partial charge in [0.05, 0.1) is 6.04 Å². The number of anilines is 2. The summed E-state index contributed by atoms with van der Waals surface area (Å²) in [7, 11) is 0. The summed E-state index contributed by atoms with van der Waals surface area (Å²) in [4.78, 5) is 23.0. The van der Waals surface area contributed by atoms with Crippen LogP contribution in [0.3, 0.4) is 0 Å². The van der Waals surface area contributed by atoms with E-state index in [9.17, 15) is 4.79 Å². The van der Waals surface area contributed by atoms with Crippen molar-refractivity contribution in [2.75, 3.05) is 23.7 Å². The van der Waals surface area contributed by atoms with Crippen LogP contribution in [0.15, 0.2) is 12.3 Å². The third kappa shape index (κ3) is 4.35. The van der Waals surface area contributed by atoms with E-state index in [4.69, 9.17) is 5.73 Å². The van der Waals surface area contributed by atoms with Gasteiger partial charge in [-0.25, -0.2) is 4.98 Å². The highest BCUT2D eigenvalue weighted by molar-refractivity contribution is 5.85. The number of hydrogen-bond acceptors (Lipinski definition) is 5. The Hall–Kier alpha value is -1.56. The number of amides is 1. The van der Waals surface area contributed by atoms with Crippen molar-refractivity contribution in [1.29, 1.82) is 0 Å². The van der Waals surface area contributed by atoms with E-state index < -0.39 is 0 Å². The molecule has 0 bridgehead atoms. The second-order valence-corrected chi connectivity index (χ2v) is 7.71. The molecule has 6 nitrogen and oxygen atoms in total. The SMILES string of the molecule is Cl.Nc1nccc(N2C[C@H](NC(=O)CC3CCCC3)[C@@H](C3CC3)C2)n1. The highest BCUT2D eigenvalue weighted by atomic mass is 35.5. The van der Waals surface area contributed by atoms with Gasteiger partial charge in [0.25, 0.3) is 0 Å². The van der Waals surface area contributed by atoms with Gasteiger partial charge >= 0.3 is 0 Å². The van der Waals surface area contributed by atoms with Crippen molar-refractivity contribution in [2.45, 2.75) is 51.0 Å². The lowest BCUT2D eigenvalue weighted by atomic mass is 9.97. The molecule has 4 rings (SSSR count). The Morgan fingerprint density at radius 3 is 2.68 bits per heavy atom. The molecule has 1 saturated heterocycles. The maximum Gasteiger partial charge on any atom is 0.221 e. The molecule has 0 radical (unpaired) electrons. The number of nitrogens with one attached hydrogen (secondary N) is 1. The monoisotopic (exact) mass is 365 g/mol. The Labute approximate surface area is 155 Å². The minimum atomic E-state index is 0. The van der Waals surface area contributed by atoms with Crippen LogP contribution in [0, 0.1) is 17.8 Å². The fourth-order valence-electron chi connectivity index (χ4n) is 4.45. The maximum absolute atomic E-state index is 12.5. The van der Waals surface area contributed by atoms with Crippen molar-refractivity contribution in [3.63, 3.8) is 0 Å². The van der Waals surface area contributed by atoms with Crippen molar-refractivity contribution in [2.24, 2.45) is 17.8 Å². The number of rotatable bonds is 5. The Morgan fingerprint density at radius 2 is 2.00 bits per heavy atom. The van der Waals surface area contributed by atoms with E-state index in [1.807, 2.05) is 6.07 Å². The molecule has 0 aromatic carbocycles. The van der Waals surface area contributed by atoms with Crippen molar-refractivity contribution in [3.8, 4) is 0 Å². The average molecular weight is 366 g/mol. The van der Waals surface area contributed by atoms with Crippen molar-refractivity contribution >= 4 is 30.1 Å². The molecule has 2 atom stereocenters. The number of nitrogens with zero attached hydrogens (tertiary/aromatic N) is 3. The summed E-state index contributed by atoms with van der Waals surface area (Å²) >= 11 is 0. The number of carbonyl (C=O) groups excluding carboxylic acids is 1. The van der Waals surface area contributed by atoms with Gasteiger partial charge in [-0.1, -0.05) is 12.8 Å². The maximum atomic E-state index is 12.5. The first-order valence-electron chi connectivity index (χ1n) is 9.32. The first-order chi connectivity index (χ1) is 11.7. The molecule has 0 unspecified atom stereocenters. The number of carbonyl (C=O) groups is 1. The summed E-state index contributed by atoms with van der Waals surface area (Å²) in [6, 6.07) is 2.14. The summed E-state index contributed by atoms with van der Waals surface area (Å²) < 4.78 is 0. The summed E-state index contributed by atoms with van der Waals surface area (Å²) in [5, 5.41) is 3.34. The summed E-state index contributed by atoms with van der Waals surface area (Å²) in [5.74, 6) is 3.31. The molecule has 3 N–H and O–H groups in total. The number of aromatic nitrogens is 2. The molecule has 3 aliphatic rings. The molecule has 138 valence electrons. The van der Waals surface area contributed by atoms with Crippen molar-refractivity contribution in [3.05, 3.63) is 12.3 Å². The minimum Gasteiger partial charge on any atom is -0.368 e.